The van der Waals surface area contributed by atoms with Gasteiger partial charge in [-0.1, -0.05) is 42.5 Å². The van der Waals surface area contributed by atoms with E-state index in [1.165, 1.54) is 6.92 Å². The number of benzene rings is 2. The molecule has 0 radical (unpaired) electrons. The van der Waals surface area contributed by atoms with Crippen LogP contribution in [0.25, 0.3) is 0 Å². The molecular weight excluding hydrogens is 240 g/mol. The Morgan fingerprint density at radius 1 is 0.947 bits per heavy atom. The largest absolute Gasteiger partial charge is 0.489 e. The normalized spacial score (nSPS) is 9.95. The zero-order valence-corrected chi connectivity index (χ0v) is 10.8. The first kappa shape index (κ1) is 13.1. The summed E-state index contributed by atoms with van der Waals surface area (Å²) in [7, 11) is 0. The minimum Gasteiger partial charge on any atom is -0.489 e. The number of ether oxygens (including phenoxy) is 2. The van der Waals surface area contributed by atoms with Crippen LogP contribution < -0.4 is 4.74 Å². The van der Waals surface area contributed by atoms with Gasteiger partial charge >= 0.3 is 5.97 Å². The summed E-state index contributed by atoms with van der Waals surface area (Å²) in [6.45, 7) is 2.20. The molecule has 2 aromatic rings. The van der Waals surface area contributed by atoms with E-state index in [1.54, 1.807) is 0 Å². The highest BCUT2D eigenvalue weighted by Crippen LogP contribution is 2.15. The summed E-state index contributed by atoms with van der Waals surface area (Å²) in [5.74, 6) is 0.490. The van der Waals surface area contributed by atoms with Gasteiger partial charge in [0, 0.05) is 6.92 Å². The molecule has 0 fully saturated rings. The van der Waals surface area contributed by atoms with Crippen LogP contribution in [0, 0.1) is 0 Å². The van der Waals surface area contributed by atoms with Crippen molar-refractivity contribution in [2.75, 3.05) is 0 Å². The van der Waals surface area contributed by atoms with E-state index in [2.05, 4.69) is 0 Å². The fourth-order valence-electron chi connectivity index (χ4n) is 1.65. The van der Waals surface area contributed by atoms with E-state index in [4.69, 9.17) is 9.47 Å². The molecule has 3 nitrogen and oxygen atoms in total. The molecular formula is C16H16O3. The van der Waals surface area contributed by atoms with Gasteiger partial charge in [0.1, 0.15) is 19.0 Å². The molecule has 0 heterocycles. The zero-order valence-electron chi connectivity index (χ0n) is 10.8. The first-order chi connectivity index (χ1) is 9.24. The molecule has 0 aromatic heterocycles. The SMILES string of the molecule is CC(=O)OCc1cccc(OCc2ccccc2)c1. The molecule has 0 aliphatic carbocycles. The average molecular weight is 256 g/mol. The van der Waals surface area contributed by atoms with Gasteiger partial charge in [0.15, 0.2) is 0 Å². The fourth-order valence-corrected chi connectivity index (χ4v) is 1.65. The number of carbonyl (C=O) groups is 1. The molecule has 0 aliphatic rings. The first-order valence-corrected chi connectivity index (χ1v) is 6.13. The van der Waals surface area contributed by atoms with Gasteiger partial charge in [0.2, 0.25) is 0 Å². The van der Waals surface area contributed by atoms with Crippen molar-refractivity contribution in [3.63, 3.8) is 0 Å². The fraction of sp³-hybridized carbons (Fsp3) is 0.188. The van der Waals surface area contributed by atoms with E-state index < -0.39 is 0 Å². The maximum atomic E-state index is 10.8. The van der Waals surface area contributed by atoms with Gasteiger partial charge in [-0.15, -0.1) is 0 Å². The highest BCUT2D eigenvalue weighted by molar-refractivity contribution is 5.65. The molecule has 98 valence electrons. The number of hydrogen-bond acceptors (Lipinski definition) is 3. The quantitative estimate of drug-likeness (QED) is 0.770. The maximum Gasteiger partial charge on any atom is 0.302 e. The topological polar surface area (TPSA) is 35.5 Å². The van der Waals surface area contributed by atoms with Crippen molar-refractivity contribution in [3.8, 4) is 5.75 Å². The Hall–Kier alpha value is -2.29. The Morgan fingerprint density at radius 3 is 2.42 bits per heavy atom. The second kappa shape index (κ2) is 6.59. The smallest absolute Gasteiger partial charge is 0.302 e. The summed E-state index contributed by atoms with van der Waals surface area (Å²) in [4.78, 5) is 10.8. The van der Waals surface area contributed by atoms with Gasteiger partial charge in [-0.3, -0.25) is 4.79 Å². The molecule has 19 heavy (non-hydrogen) atoms. The van der Waals surface area contributed by atoms with Crippen molar-refractivity contribution in [1.82, 2.24) is 0 Å². The zero-order chi connectivity index (χ0) is 13.5. The predicted molar refractivity (Wildman–Crippen MR) is 72.7 cm³/mol. The highest BCUT2D eigenvalue weighted by atomic mass is 16.5. The second-order valence-corrected chi connectivity index (χ2v) is 4.20. The second-order valence-electron chi connectivity index (χ2n) is 4.20. The van der Waals surface area contributed by atoms with Crippen molar-refractivity contribution >= 4 is 5.97 Å². The van der Waals surface area contributed by atoms with Crippen molar-refractivity contribution in [3.05, 3.63) is 65.7 Å². The van der Waals surface area contributed by atoms with Gasteiger partial charge < -0.3 is 9.47 Å². The van der Waals surface area contributed by atoms with Crippen LogP contribution in [0.1, 0.15) is 18.1 Å². The molecule has 3 heteroatoms. The number of rotatable bonds is 5. The summed E-state index contributed by atoms with van der Waals surface area (Å²) in [5.41, 5.74) is 2.04. The summed E-state index contributed by atoms with van der Waals surface area (Å²) in [6, 6.07) is 17.5. The lowest BCUT2D eigenvalue weighted by molar-refractivity contribution is -0.142. The van der Waals surface area contributed by atoms with Crippen LogP contribution in [0.15, 0.2) is 54.6 Å². The standard InChI is InChI=1S/C16H16O3/c1-13(17)18-12-15-8-5-9-16(10-15)19-11-14-6-3-2-4-7-14/h2-10H,11-12H2,1H3. The molecule has 0 aliphatic heterocycles. The Balaban J connectivity index is 1.93. The van der Waals surface area contributed by atoms with Crippen molar-refractivity contribution in [2.24, 2.45) is 0 Å². The predicted octanol–water partition coefficient (Wildman–Crippen LogP) is 3.33. The molecule has 0 unspecified atom stereocenters. The minimum absolute atomic E-state index is 0.276. The average Bonchev–Trinajstić information content (AvgIpc) is 2.44. The van der Waals surface area contributed by atoms with E-state index in [0.29, 0.717) is 6.61 Å². The van der Waals surface area contributed by atoms with Crippen LogP contribution in [-0.4, -0.2) is 5.97 Å². The lowest BCUT2D eigenvalue weighted by Crippen LogP contribution is -2.00. The Labute approximate surface area is 112 Å². The Morgan fingerprint density at radius 2 is 1.68 bits per heavy atom. The van der Waals surface area contributed by atoms with E-state index in [1.807, 2.05) is 54.6 Å². The van der Waals surface area contributed by atoms with E-state index in [-0.39, 0.29) is 12.6 Å². The van der Waals surface area contributed by atoms with Gasteiger partial charge in [-0.05, 0) is 23.3 Å². The molecule has 0 saturated carbocycles. The number of esters is 1. The van der Waals surface area contributed by atoms with E-state index >= 15 is 0 Å². The third-order valence-electron chi connectivity index (χ3n) is 2.59. The van der Waals surface area contributed by atoms with Crippen LogP contribution in [0.3, 0.4) is 0 Å². The Kier molecular flexibility index (Phi) is 4.56. The lowest BCUT2D eigenvalue weighted by atomic mass is 10.2. The Bertz CT molecular complexity index is 535. The maximum absolute atomic E-state index is 10.8. The number of hydrogen-bond donors (Lipinski definition) is 0. The molecule has 0 saturated heterocycles. The summed E-state index contributed by atoms with van der Waals surface area (Å²) < 4.78 is 10.7. The first-order valence-electron chi connectivity index (χ1n) is 6.13. The van der Waals surface area contributed by atoms with Crippen molar-refractivity contribution in [1.29, 1.82) is 0 Å². The molecule has 0 atom stereocenters. The minimum atomic E-state index is -0.282. The van der Waals surface area contributed by atoms with Crippen molar-refractivity contribution in [2.45, 2.75) is 20.1 Å². The molecule has 0 bridgehead atoms. The molecule has 2 aromatic carbocycles. The van der Waals surface area contributed by atoms with E-state index in [0.717, 1.165) is 16.9 Å². The molecule has 0 amide bonds. The van der Waals surface area contributed by atoms with Crippen LogP contribution in [-0.2, 0) is 22.7 Å². The third kappa shape index (κ3) is 4.47. The summed E-state index contributed by atoms with van der Waals surface area (Å²) >= 11 is 0. The van der Waals surface area contributed by atoms with Crippen molar-refractivity contribution < 1.29 is 14.3 Å². The van der Waals surface area contributed by atoms with Crippen LogP contribution in [0.2, 0.25) is 0 Å². The van der Waals surface area contributed by atoms with E-state index in [9.17, 15) is 4.79 Å². The number of carbonyl (C=O) groups excluding carboxylic acids is 1. The molecule has 0 spiro atoms. The van der Waals surface area contributed by atoms with Crippen LogP contribution in [0.5, 0.6) is 5.75 Å². The third-order valence-corrected chi connectivity index (χ3v) is 2.59. The lowest BCUT2D eigenvalue weighted by Gasteiger charge is -2.08. The molecule has 2 rings (SSSR count). The summed E-state index contributed by atoms with van der Waals surface area (Å²) in [6.07, 6.45) is 0. The summed E-state index contributed by atoms with van der Waals surface area (Å²) in [5, 5.41) is 0. The van der Waals surface area contributed by atoms with Gasteiger partial charge in [0.25, 0.3) is 0 Å². The van der Waals surface area contributed by atoms with Gasteiger partial charge in [0.05, 0.1) is 0 Å². The van der Waals surface area contributed by atoms with Gasteiger partial charge in [-0.25, -0.2) is 0 Å². The molecule has 0 N–H and O–H groups in total. The van der Waals surface area contributed by atoms with Crippen LogP contribution in [0.4, 0.5) is 0 Å². The highest BCUT2D eigenvalue weighted by Gasteiger charge is 2.00. The van der Waals surface area contributed by atoms with Crippen LogP contribution >= 0.6 is 0 Å². The monoisotopic (exact) mass is 256 g/mol. The van der Waals surface area contributed by atoms with Gasteiger partial charge in [-0.2, -0.15) is 0 Å².